The zero-order chi connectivity index (χ0) is 22.8. The van der Waals surface area contributed by atoms with Gasteiger partial charge in [0, 0.05) is 10.0 Å². The van der Waals surface area contributed by atoms with E-state index in [2.05, 4.69) is 45.9 Å². The number of halogens is 2. The second-order valence-electron chi connectivity index (χ2n) is 6.88. The van der Waals surface area contributed by atoms with E-state index >= 15 is 0 Å². The van der Waals surface area contributed by atoms with Gasteiger partial charge in [-0.05, 0) is 67.0 Å². The standard InChI is InChI=1S/C21H23BrClN3O4S/c1-13(2)9-10-29-16-6-3-14(4-7-16)20(28)24-21(31)26-25-19(27)12-30-18-8-5-15(22)11-17(18)23/h3-8,11,13H,9-10,12H2,1-2H3,(H,25,27)(H2,24,26,28,31). The first kappa shape index (κ1) is 24.9. The summed E-state index contributed by atoms with van der Waals surface area (Å²) in [4.78, 5) is 24.1. The normalized spacial score (nSPS) is 10.4. The van der Waals surface area contributed by atoms with Crippen LogP contribution < -0.4 is 25.6 Å². The Morgan fingerprint density at radius 1 is 1.10 bits per heavy atom. The highest BCUT2D eigenvalue weighted by Gasteiger charge is 2.10. The summed E-state index contributed by atoms with van der Waals surface area (Å²) < 4.78 is 11.8. The fourth-order valence-electron chi connectivity index (χ4n) is 2.22. The smallest absolute Gasteiger partial charge is 0.276 e. The number of amides is 2. The van der Waals surface area contributed by atoms with Crippen molar-refractivity contribution in [1.82, 2.24) is 16.2 Å². The van der Waals surface area contributed by atoms with E-state index in [1.807, 2.05) is 0 Å². The number of hydrazine groups is 1. The molecule has 0 aliphatic rings. The number of benzene rings is 2. The number of nitrogens with one attached hydrogen (secondary N) is 3. The third-order valence-corrected chi connectivity index (χ3v) is 4.87. The molecule has 0 spiro atoms. The summed E-state index contributed by atoms with van der Waals surface area (Å²) in [6.07, 6.45) is 0.953. The lowest BCUT2D eigenvalue weighted by Crippen LogP contribution is -2.49. The quantitative estimate of drug-likeness (QED) is 0.351. The van der Waals surface area contributed by atoms with Gasteiger partial charge in [-0.1, -0.05) is 41.4 Å². The maximum Gasteiger partial charge on any atom is 0.276 e. The maximum atomic E-state index is 12.3. The van der Waals surface area contributed by atoms with Crippen LogP contribution in [0.4, 0.5) is 0 Å². The van der Waals surface area contributed by atoms with Crippen molar-refractivity contribution in [3.8, 4) is 11.5 Å². The van der Waals surface area contributed by atoms with E-state index in [-0.39, 0.29) is 11.7 Å². The fourth-order valence-corrected chi connectivity index (χ4v) is 3.09. The van der Waals surface area contributed by atoms with Crippen LogP contribution in [-0.4, -0.2) is 30.1 Å². The summed E-state index contributed by atoms with van der Waals surface area (Å²) >= 11 is 14.3. The molecule has 2 amide bonds. The van der Waals surface area contributed by atoms with Crippen LogP contribution in [0, 0.1) is 5.92 Å². The van der Waals surface area contributed by atoms with Gasteiger partial charge in [0.1, 0.15) is 11.5 Å². The van der Waals surface area contributed by atoms with Crippen LogP contribution in [0.5, 0.6) is 11.5 Å². The number of rotatable bonds is 8. The highest BCUT2D eigenvalue weighted by atomic mass is 79.9. The van der Waals surface area contributed by atoms with Crippen LogP contribution in [-0.2, 0) is 4.79 Å². The zero-order valence-electron chi connectivity index (χ0n) is 17.0. The van der Waals surface area contributed by atoms with Crippen LogP contribution in [0.25, 0.3) is 0 Å². The molecule has 0 radical (unpaired) electrons. The minimum Gasteiger partial charge on any atom is -0.494 e. The SMILES string of the molecule is CC(C)CCOc1ccc(C(=O)NC(=S)NNC(=O)COc2ccc(Br)cc2Cl)cc1. The number of carbonyl (C=O) groups is 2. The number of hydrogen-bond acceptors (Lipinski definition) is 5. The van der Waals surface area contributed by atoms with E-state index in [4.69, 9.17) is 33.3 Å². The lowest BCUT2D eigenvalue weighted by atomic mass is 10.1. The van der Waals surface area contributed by atoms with Crippen molar-refractivity contribution in [2.45, 2.75) is 20.3 Å². The highest BCUT2D eigenvalue weighted by Crippen LogP contribution is 2.27. The molecule has 0 fully saturated rings. The number of hydrogen-bond donors (Lipinski definition) is 3. The summed E-state index contributed by atoms with van der Waals surface area (Å²) in [5.41, 5.74) is 5.19. The molecule has 0 aromatic heterocycles. The van der Waals surface area contributed by atoms with Crippen molar-refractivity contribution >= 4 is 56.7 Å². The molecule has 7 nitrogen and oxygen atoms in total. The summed E-state index contributed by atoms with van der Waals surface area (Å²) in [5.74, 6) is 0.699. The summed E-state index contributed by atoms with van der Waals surface area (Å²) in [6.45, 7) is 4.58. The lowest BCUT2D eigenvalue weighted by molar-refractivity contribution is -0.123. The molecule has 2 rings (SSSR count). The van der Waals surface area contributed by atoms with Crippen molar-refractivity contribution in [2.75, 3.05) is 13.2 Å². The number of carbonyl (C=O) groups excluding carboxylic acids is 2. The van der Waals surface area contributed by atoms with E-state index in [1.165, 1.54) is 0 Å². The Morgan fingerprint density at radius 3 is 2.45 bits per heavy atom. The lowest BCUT2D eigenvalue weighted by Gasteiger charge is -2.12. The molecule has 0 saturated heterocycles. The van der Waals surface area contributed by atoms with Crippen molar-refractivity contribution in [3.63, 3.8) is 0 Å². The van der Waals surface area contributed by atoms with Crippen LogP contribution in [0.3, 0.4) is 0 Å². The number of ether oxygens (including phenoxy) is 2. The summed E-state index contributed by atoms with van der Waals surface area (Å²) in [7, 11) is 0. The molecule has 10 heteroatoms. The van der Waals surface area contributed by atoms with Crippen LogP contribution in [0.2, 0.25) is 5.02 Å². The van der Waals surface area contributed by atoms with E-state index in [0.717, 1.165) is 10.9 Å². The van der Waals surface area contributed by atoms with Crippen LogP contribution in [0.15, 0.2) is 46.9 Å². The third-order valence-electron chi connectivity index (χ3n) is 3.88. The van der Waals surface area contributed by atoms with Gasteiger partial charge in [0.15, 0.2) is 11.7 Å². The first-order valence-corrected chi connectivity index (χ1v) is 11.0. The monoisotopic (exact) mass is 527 g/mol. The minimum atomic E-state index is -0.501. The molecular formula is C21H23BrClN3O4S. The first-order valence-electron chi connectivity index (χ1n) is 9.45. The molecule has 0 heterocycles. The highest BCUT2D eigenvalue weighted by molar-refractivity contribution is 9.10. The Hall–Kier alpha value is -2.36. The Balaban J connectivity index is 1.72. The Morgan fingerprint density at radius 2 is 1.81 bits per heavy atom. The van der Waals surface area contributed by atoms with E-state index in [1.54, 1.807) is 42.5 Å². The Bertz CT molecular complexity index is 925. The fraction of sp³-hybridized carbons (Fsp3) is 0.286. The first-order chi connectivity index (χ1) is 14.7. The molecule has 0 unspecified atom stereocenters. The van der Waals surface area contributed by atoms with Crippen LogP contribution in [0.1, 0.15) is 30.6 Å². The average Bonchev–Trinajstić information content (AvgIpc) is 2.72. The summed E-state index contributed by atoms with van der Waals surface area (Å²) in [6, 6.07) is 11.7. The summed E-state index contributed by atoms with van der Waals surface area (Å²) in [5, 5.41) is 2.79. The van der Waals surface area contributed by atoms with Crippen LogP contribution >= 0.6 is 39.7 Å². The van der Waals surface area contributed by atoms with E-state index < -0.39 is 11.8 Å². The third kappa shape index (κ3) is 9.12. The van der Waals surface area contributed by atoms with Gasteiger partial charge < -0.3 is 9.47 Å². The molecule has 166 valence electrons. The molecule has 0 bridgehead atoms. The van der Waals surface area contributed by atoms with Crippen molar-refractivity contribution in [1.29, 1.82) is 0 Å². The maximum absolute atomic E-state index is 12.3. The largest absolute Gasteiger partial charge is 0.494 e. The van der Waals surface area contributed by atoms with Gasteiger partial charge in [-0.3, -0.25) is 25.8 Å². The predicted molar refractivity (Wildman–Crippen MR) is 127 cm³/mol. The molecule has 3 N–H and O–H groups in total. The number of thiocarbonyl (C=S) groups is 1. The Labute approximate surface area is 199 Å². The Kier molecular flexibility index (Phi) is 10.0. The van der Waals surface area contributed by atoms with Crippen molar-refractivity contribution in [3.05, 3.63) is 57.5 Å². The second-order valence-corrected chi connectivity index (χ2v) is 8.61. The zero-order valence-corrected chi connectivity index (χ0v) is 20.2. The molecule has 31 heavy (non-hydrogen) atoms. The molecule has 0 aliphatic heterocycles. The average molecular weight is 529 g/mol. The molecule has 0 aliphatic carbocycles. The van der Waals surface area contributed by atoms with Gasteiger partial charge >= 0.3 is 0 Å². The molecule has 2 aromatic rings. The van der Waals surface area contributed by atoms with Gasteiger partial charge in [0.2, 0.25) is 0 Å². The molecule has 0 saturated carbocycles. The van der Waals surface area contributed by atoms with Gasteiger partial charge in [-0.25, -0.2) is 0 Å². The van der Waals surface area contributed by atoms with Crippen molar-refractivity contribution in [2.24, 2.45) is 5.92 Å². The predicted octanol–water partition coefficient (Wildman–Crippen LogP) is 4.24. The van der Waals surface area contributed by atoms with Gasteiger partial charge in [-0.2, -0.15) is 0 Å². The van der Waals surface area contributed by atoms with E-state index in [9.17, 15) is 9.59 Å². The topological polar surface area (TPSA) is 88.7 Å². The van der Waals surface area contributed by atoms with Gasteiger partial charge in [-0.15, -0.1) is 0 Å². The van der Waals surface area contributed by atoms with Gasteiger partial charge in [0.25, 0.3) is 11.8 Å². The molecular weight excluding hydrogens is 506 g/mol. The molecule has 2 aromatic carbocycles. The second kappa shape index (κ2) is 12.5. The van der Waals surface area contributed by atoms with Gasteiger partial charge in [0.05, 0.1) is 11.6 Å². The van der Waals surface area contributed by atoms with Crippen molar-refractivity contribution < 1.29 is 19.1 Å². The van der Waals surface area contributed by atoms with E-state index in [0.29, 0.717) is 34.6 Å². The molecule has 0 atom stereocenters. The minimum absolute atomic E-state index is 0.0581.